The Morgan fingerprint density at radius 1 is 1.25 bits per heavy atom. The van der Waals surface area contributed by atoms with Crippen molar-refractivity contribution in [1.29, 1.82) is 0 Å². The highest BCUT2D eigenvalue weighted by molar-refractivity contribution is 5.09. The zero-order valence-electron chi connectivity index (χ0n) is 13.7. The van der Waals surface area contributed by atoms with Gasteiger partial charge in [-0.25, -0.2) is 0 Å². The maximum absolute atomic E-state index is 4.60. The number of rotatable bonds is 10. The van der Waals surface area contributed by atoms with E-state index in [4.69, 9.17) is 0 Å². The number of hydrogen-bond donors (Lipinski definition) is 1. The average Bonchev–Trinajstić information content (AvgIpc) is 2.44. The van der Waals surface area contributed by atoms with E-state index in [2.05, 4.69) is 61.1 Å². The molecule has 114 valence electrons. The first kappa shape index (κ1) is 17.1. The fourth-order valence-electron chi connectivity index (χ4n) is 2.42. The van der Waals surface area contributed by atoms with E-state index < -0.39 is 0 Å². The van der Waals surface area contributed by atoms with Crippen molar-refractivity contribution < 1.29 is 0 Å². The lowest BCUT2D eigenvalue weighted by Crippen LogP contribution is -2.40. The second-order valence-corrected chi connectivity index (χ2v) is 5.59. The summed E-state index contributed by atoms with van der Waals surface area (Å²) in [5.74, 6) is 0. The Balaban J connectivity index is 2.37. The van der Waals surface area contributed by atoms with Gasteiger partial charge in [-0.2, -0.15) is 0 Å². The topological polar surface area (TPSA) is 28.2 Å². The highest BCUT2D eigenvalue weighted by Gasteiger charge is 2.12. The van der Waals surface area contributed by atoms with E-state index in [1.54, 1.807) is 0 Å². The van der Waals surface area contributed by atoms with Crippen LogP contribution in [0.15, 0.2) is 18.2 Å². The first-order chi connectivity index (χ1) is 9.67. The van der Waals surface area contributed by atoms with Crippen LogP contribution in [0.25, 0.3) is 0 Å². The van der Waals surface area contributed by atoms with Crippen molar-refractivity contribution in [2.75, 3.05) is 19.6 Å². The fraction of sp³-hybridized carbons (Fsp3) is 0.706. The second-order valence-electron chi connectivity index (χ2n) is 5.59. The molecule has 1 heterocycles. The molecule has 0 aliphatic heterocycles. The first-order valence-corrected chi connectivity index (χ1v) is 8.04. The summed E-state index contributed by atoms with van der Waals surface area (Å²) in [7, 11) is 0. The van der Waals surface area contributed by atoms with Crippen molar-refractivity contribution in [2.24, 2.45) is 0 Å². The molecule has 0 radical (unpaired) electrons. The molecule has 0 fully saturated rings. The molecule has 0 saturated heterocycles. The first-order valence-electron chi connectivity index (χ1n) is 8.04. The van der Waals surface area contributed by atoms with Crippen LogP contribution in [0.5, 0.6) is 0 Å². The van der Waals surface area contributed by atoms with Crippen LogP contribution in [-0.2, 0) is 6.54 Å². The summed E-state index contributed by atoms with van der Waals surface area (Å²) in [6.07, 6.45) is 3.90. The van der Waals surface area contributed by atoms with Crippen molar-refractivity contribution in [2.45, 2.75) is 59.5 Å². The fourth-order valence-corrected chi connectivity index (χ4v) is 2.42. The lowest BCUT2D eigenvalue weighted by atomic mass is 10.2. The van der Waals surface area contributed by atoms with E-state index >= 15 is 0 Å². The maximum Gasteiger partial charge on any atom is 0.0547 e. The van der Waals surface area contributed by atoms with Crippen LogP contribution in [0.4, 0.5) is 0 Å². The van der Waals surface area contributed by atoms with Crippen LogP contribution >= 0.6 is 0 Å². The van der Waals surface area contributed by atoms with Gasteiger partial charge < -0.3 is 5.32 Å². The SMILES string of the molecule is CCCCCNCC(C)N(CC)Cc1cccc(C)n1. The maximum atomic E-state index is 4.60. The standard InChI is InChI=1S/C17H31N3/c1-5-7-8-12-18-13-16(4)20(6-2)14-17-11-9-10-15(3)19-17/h9-11,16,18H,5-8,12-14H2,1-4H3. The summed E-state index contributed by atoms with van der Waals surface area (Å²) in [5, 5.41) is 3.57. The Morgan fingerprint density at radius 3 is 2.70 bits per heavy atom. The van der Waals surface area contributed by atoms with Gasteiger partial charge in [-0.3, -0.25) is 9.88 Å². The Hall–Kier alpha value is -0.930. The lowest BCUT2D eigenvalue weighted by Gasteiger charge is -2.28. The van der Waals surface area contributed by atoms with Gasteiger partial charge in [0.15, 0.2) is 0 Å². The molecule has 1 unspecified atom stereocenters. The van der Waals surface area contributed by atoms with E-state index in [9.17, 15) is 0 Å². The van der Waals surface area contributed by atoms with Crippen LogP contribution in [0.3, 0.4) is 0 Å². The summed E-state index contributed by atoms with van der Waals surface area (Å²) < 4.78 is 0. The highest BCUT2D eigenvalue weighted by atomic mass is 15.2. The molecule has 0 spiro atoms. The quantitative estimate of drug-likeness (QED) is 0.665. The van der Waals surface area contributed by atoms with Gasteiger partial charge in [-0.05, 0) is 45.5 Å². The number of aryl methyl sites for hydroxylation is 1. The van der Waals surface area contributed by atoms with Gasteiger partial charge in [0.2, 0.25) is 0 Å². The Bertz CT molecular complexity index is 365. The Labute approximate surface area is 124 Å². The van der Waals surface area contributed by atoms with Gasteiger partial charge in [0, 0.05) is 24.8 Å². The number of nitrogens with one attached hydrogen (secondary N) is 1. The monoisotopic (exact) mass is 277 g/mol. The number of hydrogen-bond acceptors (Lipinski definition) is 3. The number of aromatic nitrogens is 1. The molecule has 0 bridgehead atoms. The molecular weight excluding hydrogens is 246 g/mol. The molecule has 0 aliphatic rings. The highest BCUT2D eigenvalue weighted by Crippen LogP contribution is 2.07. The molecule has 0 saturated carbocycles. The van der Waals surface area contributed by atoms with Crippen molar-refractivity contribution in [1.82, 2.24) is 15.2 Å². The third-order valence-electron chi connectivity index (χ3n) is 3.74. The van der Waals surface area contributed by atoms with Crippen molar-refractivity contribution in [3.05, 3.63) is 29.6 Å². The average molecular weight is 277 g/mol. The molecule has 3 nitrogen and oxygen atoms in total. The van der Waals surface area contributed by atoms with Gasteiger partial charge in [0.05, 0.1) is 5.69 Å². The van der Waals surface area contributed by atoms with E-state index in [1.807, 2.05) is 0 Å². The molecule has 1 aromatic rings. The van der Waals surface area contributed by atoms with Crippen LogP contribution in [0.2, 0.25) is 0 Å². The molecule has 1 N–H and O–H groups in total. The Kier molecular flexibility index (Phi) is 8.47. The van der Waals surface area contributed by atoms with Crippen molar-refractivity contribution in [3.8, 4) is 0 Å². The summed E-state index contributed by atoms with van der Waals surface area (Å²) in [6, 6.07) is 6.82. The minimum Gasteiger partial charge on any atom is -0.315 e. The molecule has 3 heteroatoms. The normalized spacial score (nSPS) is 12.8. The van der Waals surface area contributed by atoms with E-state index in [0.717, 1.165) is 31.9 Å². The van der Waals surface area contributed by atoms with Crippen molar-refractivity contribution in [3.63, 3.8) is 0 Å². The van der Waals surface area contributed by atoms with E-state index in [-0.39, 0.29) is 0 Å². The second kappa shape index (κ2) is 9.89. The molecule has 20 heavy (non-hydrogen) atoms. The summed E-state index contributed by atoms with van der Waals surface area (Å²) >= 11 is 0. The molecule has 1 rings (SSSR count). The predicted octanol–water partition coefficient (Wildman–Crippen LogP) is 3.38. The number of likely N-dealkylation sites (N-methyl/N-ethyl adjacent to an activating group) is 1. The van der Waals surface area contributed by atoms with E-state index in [1.165, 1.54) is 25.0 Å². The minimum atomic E-state index is 0.545. The molecule has 0 aromatic carbocycles. The van der Waals surface area contributed by atoms with Crippen LogP contribution in [0, 0.1) is 6.92 Å². The van der Waals surface area contributed by atoms with Gasteiger partial charge in [0.1, 0.15) is 0 Å². The minimum absolute atomic E-state index is 0.545. The molecule has 1 aromatic heterocycles. The van der Waals surface area contributed by atoms with Crippen LogP contribution in [0.1, 0.15) is 51.4 Å². The van der Waals surface area contributed by atoms with Crippen LogP contribution < -0.4 is 5.32 Å². The molecular formula is C17H31N3. The largest absolute Gasteiger partial charge is 0.315 e. The smallest absolute Gasteiger partial charge is 0.0547 e. The summed E-state index contributed by atoms with van der Waals surface area (Å²) in [5.41, 5.74) is 2.27. The molecule has 0 amide bonds. The third kappa shape index (κ3) is 6.49. The number of unbranched alkanes of at least 4 members (excludes halogenated alkanes) is 2. The zero-order valence-corrected chi connectivity index (χ0v) is 13.7. The summed E-state index contributed by atoms with van der Waals surface area (Å²) in [6.45, 7) is 13.0. The lowest BCUT2D eigenvalue weighted by molar-refractivity contribution is 0.203. The van der Waals surface area contributed by atoms with Gasteiger partial charge in [-0.1, -0.05) is 32.8 Å². The van der Waals surface area contributed by atoms with Gasteiger partial charge in [-0.15, -0.1) is 0 Å². The predicted molar refractivity (Wildman–Crippen MR) is 86.9 cm³/mol. The summed E-state index contributed by atoms with van der Waals surface area (Å²) in [4.78, 5) is 7.08. The van der Waals surface area contributed by atoms with Crippen LogP contribution in [-0.4, -0.2) is 35.6 Å². The molecule has 1 atom stereocenters. The van der Waals surface area contributed by atoms with Crippen molar-refractivity contribution >= 4 is 0 Å². The third-order valence-corrected chi connectivity index (χ3v) is 3.74. The van der Waals surface area contributed by atoms with Gasteiger partial charge in [0.25, 0.3) is 0 Å². The Morgan fingerprint density at radius 2 is 2.05 bits per heavy atom. The zero-order chi connectivity index (χ0) is 14.8. The molecule has 0 aliphatic carbocycles. The van der Waals surface area contributed by atoms with Gasteiger partial charge >= 0.3 is 0 Å². The number of pyridine rings is 1. The number of nitrogens with zero attached hydrogens (tertiary/aromatic N) is 2. The van der Waals surface area contributed by atoms with E-state index in [0.29, 0.717) is 6.04 Å².